The van der Waals surface area contributed by atoms with Crippen LogP contribution in [-0.2, 0) is 13.2 Å². The van der Waals surface area contributed by atoms with Crippen molar-refractivity contribution < 1.29 is 9.15 Å². The van der Waals surface area contributed by atoms with E-state index in [4.69, 9.17) is 20.8 Å². The van der Waals surface area contributed by atoms with Crippen molar-refractivity contribution in [1.82, 2.24) is 5.32 Å². The lowest BCUT2D eigenvalue weighted by molar-refractivity contribution is 0.265. The molecule has 0 unspecified atom stereocenters. The molecule has 0 aliphatic rings. The smallest absolute Gasteiger partial charge is 0.146 e. The monoisotopic (exact) mass is 293 g/mol. The average Bonchev–Trinajstić information content (AvgIpc) is 2.79. The highest BCUT2D eigenvalue weighted by atomic mass is 35.5. The molecule has 0 saturated heterocycles. The number of ether oxygens (including phenoxy) is 1. The molecule has 1 heterocycles. The van der Waals surface area contributed by atoms with Crippen LogP contribution in [0.15, 0.2) is 34.7 Å². The Morgan fingerprint density at radius 3 is 2.70 bits per heavy atom. The third-order valence-corrected chi connectivity index (χ3v) is 3.23. The van der Waals surface area contributed by atoms with Crippen molar-refractivity contribution in [2.24, 2.45) is 0 Å². The van der Waals surface area contributed by atoms with Crippen LogP contribution in [0, 0.1) is 6.92 Å². The maximum Gasteiger partial charge on any atom is 0.146 e. The van der Waals surface area contributed by atoms with Crippen LogP contribution in [0.2, 0.25) is 5.02 Å². The SMILES string of the molecule is CCCNCc1oc(COc2ccc(Cl)cc2)cc1C. The van der Waals surface area contributed by atoms with Gasteiger partial charge in [-0.2, -0.15) is 0 Å². The molecule has 108 valence electrons. The van der Waals surface area contributed by atoms with E-state index < -0.39 is 0 Å². The first-order chi connectivity index (χ1) is 9.69. The Balaban J connectivity index is 1.89. The maximum absolute atomic E-state index is 5.83. The molecule has 3 nitrogen and oxygen atoms in total. The van der Waals surface area contributed by atoms with Crippen LogP contribution in [-0.4, -0.2) is 6.54 Å². The molecule has 2 aromatic rings. The molecule has 0 spiro atoms. The van der Waals surface area contributed by atoms with Crippen LogP contribution in [0.1, 0.15) is 30.4 Å². The minimum atomic E-state index is 0.427. The van der Waals surface area contributed by atoms with Gasteiger partial charge in [-0.05, 0) is 55.8 Å². The fourth-order valence-electron chi connectivity index (χ4n) is 1.90. The second-order valence-electron chi connectivity index (χ2n) is 4.74. The predicted molar refractivity (Wildman–Crippen MR) is 81.2 cm³/mol. The lowest BCUT2D eigenvalue weighted by Gasteiger charge is -2.04. The van der Waals surface area contributed by atoms with Gasteiger partial charge in [-0.15, -0.1) is 0 Å². The number of hydrogen-bond acceptors (Lipinski definition) is 3. The van der Waals surface area contributed by atoms with Crippen molar-refractivity contribution in [3.8, 4) is 5.75 Å². The van der Waals surface area contributed by atoms with Gasteiger partial charge in [-0.1, -0.05) is 18.5 Å². The Hall–Kier alpha value is -1.45. The molecule has 1 aromatic heterocycles. The number of halogens is 1. The number of nitrogens with one attached hydrogen (secondary N) is 1. The van der Waals surface area contributed by atoms with E-state index in [-0.39, 0.29) is 0 Å². The second kappa shape index (κ2) is 7.36. The Morgan fingerprint density at radius 2 is 2.00 bits per heavy atom. The maximum atomic E-state index is 5.83. The zero-order valence-electron chi connectivity index (χ0n) is 11.9. The Morgan fingerprint density at radius 1 is 1.25 bits per heavy atom. The van der Waals surface area contributed by atoms with E-state index in [9.17, 15) is 0 Å². The van der Waals surface area contributed by atoms with Gasteiger partial charge in [0, 0.05) is 5.02 Å². The van der Waals surface area contributed by atoms with Gasteiger partial charge >= 0.3 is 0 Å². The standard InChI is InChI=1S/C16H20ClNO2/c1-3-8-18-10-16-12(2)9-15(20-16)11-19-14-6-4-13(17)5-7-14/h4-7,9,18H,3,8,10-11H2,1-2H3. The molecule has 0 aliphatic carbocycles. The number of furan rings is 1. The normalized spacial score (nSPS) is 10.8. The highest BCUT2D eigenvalue weighted by Crippen LogP contribution is 2.19. The molecular weight excluding hydrogens is 274 g/mol. The number of benzene rings is 1. The van der Waals surface area contributed by atoms with Gasteiger partial charge in [0.25, 0.3) is 0 Å². The summed E-state index contributed by atoms with van der Waals surface area (Å²) in [6.07, 6.45) is 1.12. The minimum absolute atomic E-state index is 0.427. The first-order valence-corrected chi connectivity index (χ1v) is 7.24. The summed E-state index contributed by atoms with van der Waals surface area (Å²) >= 11 is 5.83. The number of rotatable bonds is 7. The lowest BCUT2D eigenvalue weighted by Crippen LogP contribution is -2.13. The van der Waals surface area contributed by atoms with Gasteiger partial charge in [0.1, 0.15) is 23.9 Å². The van der Waals surface area contributed by atoms with Crippen LogP contribution in [0.4, 0.5) is 0 Å². The van der Waals surface area contributed by atoms with Crippen molar-refractivity contribution in [3.63, 3.8) is 0 Å². The molecule has 0 fully saturated rings. The van der Waals surface area contributed by atoms with Crippen LogP contribution in [0.5, 0.6) is 5.75 Å². The van der Waals surface area contributed by atoms with Crippen molar-refractivity contribution in [3.05, 3.63) is 52.4 Å². The average molecular weight is 294 g/mol. The third kappa shape index (κ3) is 4.29. The van der Waals surface area contributed by atoms with Gasteiger partial charge in [0.2, 0.25) is 0 Å². The molecule has 0 amide bonds. The summed E-state index contributed by atoms with van der Waals surface area (Å²) in [5, 5.41) is 4.04. The highest BCUT2D eigenvalue weighted by Gasteiger charge is 2.07. The predicted octanol–water partition coefficient (Wildman–Crippen LogP) is 4.32. The number of hydrogen-bond donors (Lipinski definition) is 1. The van der Waals surface area contributed by atoms with E-state index >= 15 is 0 Å². The molecule has 2 rings (SSSR count). The van der Waals surface area contributed by atoms with Crippen molar-refractivity contribution in [2.75, 3.05) is 6.54 Å². The third-order valence-electron chi connectivity index (χ3n) is 2.98. The fraction of sp³-hybridized carbons (Fsp3) is 0.375. The Labute approximate surface area is 124 Å². The van der Waals surface area contributed by atoms with E-state index in [1.807, 2.05) is 30.3 Å². The highest BCUT2D eigenvalue weighted by molar-refractivity contribution is 6.30. The van der Waals surface area contributed by atoms with Crippen molar-refractivity contribution in [1.29, 1.82) is 0 Å². The van der Waals surface area contributed by atoms with Crippen LogP contribution in [0.25, 0.3) is 0 Å². The Bertz CT molecular complexity index is 534. The van der Waals surface area contributed by atoms with Gasteiger partial charge in [0.05, 0.1) is 6.54 Å². The van der Waals surface area contributed by atoms with E-state index in [0.29, 0.717) is 11.6 Å². The molecule has 0 bridgehead atoms. The molecule has 20 heavy (non-hydrogen) atoms. The summed E-state index contributed by atoms with van der Waals surface area (Å²) in [4.78, 5) is 0. The van der Waals surface area contributed by atoms with Crippen LogP contribution >= 0.6 is 11.6 Å². The van der Waals surface area contributed by atoms with Crippen molar-refractivity contribution in [2.45, 2.75) is 33.4 Å². The molecule has 0 aliphatic heterocycles. The van der Waals surface area contributed by atoms with E-state index in [2.05, 4.69) is 19.2 Å². The fourth-order valence-corrected chi connectivity index (χ4v) is 2.03. The van der Waals surface area contributed by atoms with Gasteiger partial charge in [-0.25, -0.2) is 0 Å². The summed E-state index contributed by atoms with van der Waals surface area (Å²) in [5.41, 5.74) is 1.16. The minimum Gasteiger partial charge on any atom is -0.486 e. The summed E-state index contributed by atoms with van der Waals surface area (Å²) in [6, 6.07) is 9.34. The van der Waals surface area contributed by atoms with Crippen molar-refractivity contribution >= 4 is 11.6 Å². The first-order valence-electron chi connectivity index (χ1n) is 6.86. The zero-order chi connectivity index (χ0) is 14.4. The number of aryl methyl sites for hydroxylation is 1. The zero-order valence-corrected chi connectivity index (χ0v) is 12.7. The van der Waals surface area contributed by atoms with Gasteiger partial charge in [-0.3, -0.25) is 0 Å². The Kier molecular flexibility index (Phi) is 5.50. The lowest BCUT2D eigenvalue weighted by atomic mass is 10.2. The molecule has 0 atom stereocenters. The largest absolute Gasteiger partial charge is 0.486 e. The molecule has 0 saturated carbocycles. The molecule has 1 aromatic carbocycles. The topological polar surface area (TPSA) is 34.4 Å². The molecule has 1 N–H and O–H groups in total. The molecular formula is C16H20ClNO2. The second-order valence-corrected chi connectivity index (χ2v) is 5.17. The van der Waals surface area contributed by atoms with Crippen LogP contribution < -0.4 is 10.1 Å². The molecule has 0 radical (unpaired) electrons. The summed E-state index contributed by atoms with van der Waals surface area (Å²) in [7, 11) is 0. The van der Waals surface area contributed by atoms with Gasteiger partial charge in [0.15, 0.2) is 0 Å². The van der Waals surface area contributed by atoms with E-state index in [1.165, 1.54) is 0 Å². The summed E-state index contributed by atoms with van der Waals surface area (Å²) < 4.78 is 11.5. The van der Waals surface area contributed by atoms with Crippen LogP contribution in [0.3, 0.4) is 0 Å². The van der Waals surface area contributed by atoms with Gasteiger partial charge < -0.3 is 14.5 Å². The quantitative estimate of drug-likeness (QED) is 0.772. The molecule has 4 heteroatoms. The van der Waals surface area contributed by atoms with E-state index in [1.54, 1.807) is 0 Å². The first kappa shape index (κ1) is 14.9. The summed E-state index contributed by atoms with van der Waals surface area (Å²) in [5.74, 6) is 2.60. The summed E-state index contributed by atoms with van der Waals surface area (Å²) in [6.45, 7) is 6.39. The van der Waals surface area contributed by atoms with E-state index in [0.717, 1.165) is 42.3 Å².